The molecule has 26 heavy (non-hydrogen) atoms. The predicted octanol–water partition coefficient (Wildman–Crippen LogP) is 0.837. The summed E-state index contributed by atoms with van der Waals surface area (Å²) in [6, 6.07) is 0.182. The highest BCUT2D eigenvalue weighted by Crippen LogP contribution is 2.20. The van der Waals surface area contributed by atoms with E-state index >= 15 is 0 Å². The number of likely N-dealkylation sites (tertiary alicyclic amines) is 1. The summed E-state index contributed by atoms with van der Waals surface area (Å²) in [5.74, 6) is 0.0666. The molecule has 2 aliphatic rings. The molecule has 7 heteroatoms. The van der Waals surface area contributed by atoms with Crippen LogP contribution in [0.5, 0.6) is 0 Å². The summed E-state index contributed by atoms with van der Waals surface area (Å²) < 4.78 is 1.43. The summed E-state index contributed by atoms with van der Waals surface area (Å²) >= 11 is 0. The molecule has 0 spiro atoms. The van der Waals surface area contributed by atoms with Crippen molar-refractivity contribution in [1.29, 1.82) is 0 Å². The van der Waals surface area contributed by atoms with Crippen molar-refractivity contribution in [1.82, 2.24) is 19.4 Å². The third kappa shape index (κ3) is 3.66. The number of aryl methyl sites for hydroxylation is 1. The van der Waals surface area contributed by atoms with Gasteiger partial charge in [-0.1, -0.05) is 0 Å². The molecule has 0 N–H and O–H groups in total. The van der Waals surface area contributed by atoms with Crippen molar-refractivity contribution in [3.05, 3.63) is 27.9 Å². The molecule has 0 bridgehead atoms. The molecule has 1 fully saturated rings. The lowest BCUT2D eigenvalue weighted by atomic mass is 9.95. The predicted molar refractivity (Wildman–Crippen MR) is 97.7 cm³/mol. The van der Waals surface area contributed by atoms with Crippen LogP contribution in [0.3, 0.4) is 0 Å². The zero-order chi connectivity index (χ0) is 18.8. The molecule has 0 aromatic carbocycles. The first-order valence-corrected chi connectivity index (χ1v) is 9.50. The summed E-state index contributed by atoms with van der Waals surface area (Å²) in [6.07, 6.45) is 5.43. The van der Waals surface area contributed by atoms with Gasteiger partial charge in [-0.3, -0.25) is 19.0 Å². The van der Waals surface area contributed by atoms with E-state index in [0.29, 0.717) is 25.9 Å². The van der Waals surface area contributed by atoms with Gasteiger partial charge in [0, 0.05) is 37.7 Å². The fraction of sp³-hybridized carbons (Fsp3) is 0.684. The topological polar surface area (TPSA) is 75.5 Å². The van der Waals surface area contributed by atoms with Crippen molar-refractivity contribution in [2.75, 3.05) is 20.1 Å². The van der Waals surface area contributed by atoms with Gasteiger partial charge in [-0.25, -0.2) is 4.98 Å². The zero-order valence-corrected chi connectivity index (χ0v) is 15.9. The summed E-state index contributed by atoms with van der Waals surface area (Å²) in [7, 11) is 1.83. The monoisotopic (exact) mass is 360 g/mol. The van der Waals surface area contributed by atoms with Gasteiger partial charge < -0.3 is 9.80 Å². The Morgan fingerprint density at radius 1 is 1.27 bits per heavy atom. The molecule has 0 radical (unpaired) electrons. The summed E-state index contributed by atoms with van der Waals surface area (Å²) in [5.41, 5.74) is 1.57. The van der Waals surface area contributed by atoms with Crippen LogP contribution in [0, 0.1) is 5.92 Å². The minimum atomic E-state index is -0.0792. The quantitative estimate of drug-likeness (QED) is 0.797. The first-order valence-electron chi connectivity index (χ1n) is 9.50. The number of aromatic nitrogens is 2. The number of carbonyl (C=O) groups excluding carboxylic acids is 2. The Kier molecular flexibility index (Phi) is 5.44. The van der Waals surface area contributed by atoms with Crippen molar-refractivity contribution in [3.63, 3.8) is 0 Å². The van der Waals surface area contributed by atoms with Crippen LogP contribution in [0.15, 0.2) is 11.1 Å². The van der Waals surface area contributed by atoms with Gasteiger partial charge in [0.1, 0.15) is 6.54 Å². The lowest BCUT2D eigenvalue weighted by Crippen LogP contribution is -2.46. The number of rotatable bonds is 4. The molecule has 1 aromatic heterocycles. The van der Waals surface area contributed by atoms with Crippen molar-refractivity contribution in [3.8, 4) is 0 Å². The molecule has 0 atom stereocenters. The maximum atomic E-state index is 12.6. The van der Waals surface area contributed by atoms with Gasteiger partial charge in [-0.05, 0) is 46.0 Å². The number of piperidine rings is 1. The van der Waals surface area contributed by atoms with Crippen molar-refractivity contribution in [2.24, 2.45) is 5.92 Å². The second-order valence-corrected chi connectivity index (χ2v) is 7.65. The number of hydrogen-bond donors (Lipinski definition) is 0. The molecule has 1 aliphatic carbocycles. The van der Waals surface area contributed by atoms with Crippen LogP contribution >= 0.6 is 0 Å². The van der Waals surface area contributed by atoms with Crippen LogP contribution in [0.2, 0.25) is 0 Å². The smallest absolute Gasteiger partial charge is 0.257 e. The number of fused-ring (bicyclic) bond motifs is 1. The Bertz CT molecular complexity index is 748. The highest BCUT2D eigenvalue weighted by atomic mass is 16.2. The minimum Gasteiger partial charge on any atom is -0.343 e. The molecule has 1 aromatic rings. The largest absolute Gasteiger partial charge is 0.343 e. The van der Waals surface area contributed by atoms with Gasteiger partial charge >= 0.3 is 0 Å². The molecule has 3 rings (SSSR count). The molecular formula is C19H28N4O3. The number of amides is 2. The molecular weight excluding hydrogens is 332 g/mol. The average molecular weight is 360 g/mol. The second kappa shape index (κ2) is 7.60. The van der Waals surface area contributed by atoms with Gasteiger partial charge in [0.15, 0.2) is 0 Å². The maximum Gasteiger partial charge on any atom is 0.257 e. The summed E-state index contributed by atoms with van der Waals surface area (Å²) in [5, 5.41) is 0. The molecule has 0 saturated carbocycles. The third-order valence-corrected chi connectivity index (χ3v) is 5.69. The Morgan fingerprint density at radius 3 is 2.62 bits per heavy atom. The van der Waals surface area contributed by atoms with Crippen LogP contribution < -0.4 is 5.56 Å². The standard InChI is InChI=1S/C19H28N4O3/c1-13(2)21(3)18(25)14-7-9-22(10-8-14)17(24)11-23-12-20-16-6-4-5-15(16)19(23)26/h12-14H,4-11H2,1-3H3. The van der Waals surface area contributed by atoms with E-state index in [2.05, 4.69) is 4.98 Å². The summed E-state index contributed by atoms with van der Waals surface area (Å²) in [4.78, 5) is 45.3. The highest BCUT2D eigenvalue weighted by Gasteiger charge is 2.30. The summed E-state index contributed by atoms with van der Waals surface area (Å²) in [6.45, 7) is 5.16. The first kappa shape index (κ1) is 18.6. The van der Waals surface area contributed by atoms with E-state index in [1.807, 2.05) is 20.9 Å². The fourth-order valence-corrected chi connectivity index (χ4v) is 3.74. The third-order valence-electron chi connectivity index (χ3n) is 5.69. The Labute approximate surface area is 154 Å². The van der Waals surface area contributed by atoms with E-state index in [1.165, 1.54) is 10.9 Å². The number of carbonyl (C=O) groups is 2. The van der Waals surface area contributed by atoms with Crippen molar-refractivity contribution < 1.29 is 9.59 Å². The van der Waals surface area contributed by atoms with Crippen molar-refractivity contribution in [2.45, 2.75) is 58.5 Å². The van der Waals surface area contributed by atoms with Crippen LogP contribution in [0.4, 0.5) is 0 Å². The Hall–Kier alpha value is -2.18. The molecule has 0 unspecified atom stereocenters. The lowest BCUT2D eigenvalue weighted by molar-refractivity contribution is -0.141. The van der Waals surface area contributed by atoms with Crippen LogP contribution in [0.1, 0.15) is 44.4 Å². The molecule has 2 amide bonds. The lowest BCUT2D eigenvalue weighted by Gasteiger charge is -2.34. The zero-order valence-electron chi connectivity index (χ0n) is 15.9. The SMILES string of the molecule is CC(C)N(C)C(=O)C1CCN(C(=O)Cn2cnc3c(c2=O)CCC3)CC1. The maximum absolute atomic E-state index is 12.6. The molecule has 2 heterocycles. The van der Waals surface area contributed by atoms with E-state index in [1.54, 1.807) is 9.80 Å². The Morgan fingerprint density at radius 2 is 1.96 bits per heavy atom. The van der Waals surface area contributed by atoms with Gasteiger partial charge in [0.05, 0.1) is 12.0 Å². The second-order valence-electron chi connectivity index (χ2n) is 7.65. The normalized spacial score (nSPS) is 17.5. The van der Waals surface area contributed by atoms with Gasteiger partial charge in [0.25, 0.3) is 5.56 Å². The van der Waals surface area contributed by atoms with Gasteiger partial charge in [-0.15, -0.1) is 0 Å². The van der Waals surface area contributed by atoms with Gasteiger partial charge in [0.2, 0.25) is 11.8 Å². The highest BCUT2D eigenvalue weighted by molar-refractivity contribution is 5.80. The van der Waals surface area contributed by atoms with Crippen LogP contribution in [0.25, 0.3) is 0 Å². The van der Waals surface area contributed by atoms with E-state index in [0.717, 1.165) is 30.5 Å². The number of nitrogens with zero attached hydrogens (tertiary/aromatic N) is 4. The van der Waals surface area contributed by atoms with Crippen LogP contribution in [-0.2, 0) is 29.0 Å². The minimum absolute atomic E-state index is 0.0177. The number of hydrogen-bond acceptors (Lipinski definition) is 4. The van der Waals surface area contributed by atoms with E-state index in [9.17, 15) is 14.4 Å². The molecule has 1 saturated heterocycles. The first-order chi connectivity index (χ1) is 12.4. The molecule has 1 aliphatic heterocycles. The average Bonchev–Trinajstić information content (AvgIpc) is 3.12. The Balaban J connectivity index is 1.58. The van der Waals surface area contributed by atoms with E-state index in [4.69, 9.17) is 0 Å². The molecule has 142 valence electrons. The van der Waals surface area contributed by atoms with Crippen molar-refractivity contribution >= 4 is 11.8 Å². The van der Waals surface area contributed by atoms with E-state index in [-0.39, 0.29) is 35.9 Å². The fourth-order valence-electron chi connectivity index (χ4n) is 3.74. The van der Waals surface area contributed by atoms with E-state index < -0.39 is 0 Å². The van der Waals surface area contributed by atoms with Crippen LogP contribution in [-0.4, -0.2) is 57.3 Å². The van der Waals surface area contributed by atoms with Gasteiger partial charge in [-0.2, -0.15) is 0 Å². The molecule has 7 nitrogen and oxygen atoms in total.